The van der Waals surface area contributed by atoms with Gasteiger partial charge in [-0.05, 0) is 31.5 Å². The Morgan fingerprint density at radius 3 is 2.95 bits per heavy atom. The molecular weight excluding hydrogens is 273 g/mol. The monoisotopic (exact) mass is 291 g/mol. The second-order valence-corrected chi connectivity index (χ2v) is 5.20. The van der Waals surface area contributed by atoms with Crippen LogP contribution >= 0.6 is 0 Å². The first-order valence-corrected chi connectivity index (χ1v) is 7.23. The highest BCUT2D eigenvalue weighted by molar-refractivity contribution is 5.53. The Kier molecular flexibility index (Phi) is 4.26. The summed E-state index contributed by atoms with van der Waals surface area (Å²) in [6, 6.07) is 6.37. The third kappa shape index (κ3) is 2.96. The SMILES string of the molecule is OCCN1CCCC[C@H]1c1nnc(-c2ccccc2F)o1. The number of hydrogen-bond acceptors (Lipinski definition) is 5. The molecule has 1 fully saturated rings. The normalized spacial score (nSPS) is 19.8. The van der Waals surface area contributed by atoms with E-state index in [0.717, 1.165) is 25.8 Å². The van der Waals surface area contributed by atoms with Crippen LogP contribution in [-0.4, -0.2) is 39.9 Å². The molecule has 112 valence electrons. The van der Waals surface area contributed by atoms with Crippen molar-refractivity contribution in [3.8, 4) is 11.5 Å². The Morgan fingerprint density at radius 2 is 2.14 bits per heavy atom. The van der Waals surface area contributed by atoms with Gasteiger partial charge in [-0.15, -0.1) is 10.2 Å². The van der Waals surface area contributed by atoms with E-state index in [1.807, 2.05) is 0 Å². The fourth-order valence-electron chi connectivity index (χ4n) is 2.78. The number of nitrogens with zero attached hydrogens (tertiary/aromatic N) is 3. The van der Waals surface area contributed by atoms with E-state index >= 15 is 0 Å². The van der Waals surface area contributed by atoms with Gasteiger partial charge in [-0.2, -0.15) is 0 Å². The van der Waals surface area contributed by atoms with E-state index < -0.39 is 0 Å². The van der Waals surface area contributed by atoms with Gasteiger partial charge in [0.05, 0.1) is 18.2 Å². The van der Waals surface area contributed by atoms with Crippen LogP contribution in [0.5, 0.6) is 0 Å². The van der Waals surface area contributed by atoms with Gasteiger partial charge < -0.3 is 9.52 Å². The van der Waals surface area contributed by atoms with E-state index in [4.69, 9.17) is 9.52 Å². The van der Waals surface area contributed by atoms with Crippen molar-refractivity contribution in [2.24, 2.45) is 0 Å². The molecule has 0 spiro atoms. The van der Waals surface area contributed by atoms with Crippen LogP contribution in [0.4, 0.5) is 4.39 Å². The van der Waals surface area contributed by atoms with Crippen molar-refractivity contribution in [3.63, 3.8) is 0 Å². The minimum atomic E-state index is -0.372. The molecule has 0 amide bonds. The number of β-amino-alcohol motifs (C(OH)–C–C–N with tert-alkyl or cyclic N) is 1. The standard InChI is InChI=1S/C15H18FN3O2/c16-12-6-2-1-5-11(12)14-17-18-15(21-14)13-7-3-4-8-19(13)9-10-20/h1-2,5-6,13,20H,3-4,7-10H2/t13-/m0/s1. The molecule has 0 unspecified atom stereocenters. The van der Waals surface area contributed by atoms with E-state index in [1.54, 1.807) is 18.2 Å². The maximum absolute atomic E-state index is 13.8. The third-order valence-electron chi connectivity index (χ3n) is 3.83. The molecule has 0 radical (unpaired) electrons. The van der Waals surface area contributed by atoms with Gasteiger partial charge in [-0.3, -0.25) is 4.90 Å². The molecule has 1 aliphatic rings. The summed E-state index contributed by atoms with van der Waals surface area (Å²) in [5.41, 5.74) is 0.320. The summed E-state index contributed by atoms with van der Waals surface area (Å²) >= 11 is 0. The van der Waals surface area contributed by atoms with Crippen LogP contribution in [-0.2, 0) is 0 Å². The van der Waals surface area contributed by atoms with Crippen molar-refractivity contribution in [1.29, 1.82) is 0 Å². The number of likely N-dealkylation sites (tertiary alicyclic amines) is 1. The molecule has 21 heavy (non-hydrogen) atoms. The molecule has 1 aromatic heterocycles. The Balaban J connectivity index is 1.85. The largest absolute Gasteiger partial charge is 0.419 e. The Hall–Kier alpha value is -1.79. The van der Waals surface area contributed by atoms with Crippen LogP contribution in [0.2, 0.25) is 0 Å². The lowest BCUT2D eigenvalue weighted by Gasteiger charge is -2.32. The molecule has 1 atom stereocenters. The number of aromatic nitrogens is 2. The predicted molar refractivity (Wildman–Crippen MR) is 74.9 cm³/mol. The molecule has 1 aliphatic heterocycles. The summed E-state index contributed by atoms with van der Waals surface area (Å²) in [7, 11) is 0. The quantitative estimate of drug-likeness (QED) is 0.937. The minimum Gasteiger partial charge on any atom is -0.419 e. The summed E-state index contributed by atoms with van der Waals surface area (Å²) in [4.78, 5) is 2.14. The van der Waals surface area contributed by atoms with Crippen LogP contribution in [0.1, 0.15) is 31.2 Å². The second kappa shape index (κ2) is 6.32. The number of piperidine rings is 1. The average Bonchev–Trinajstić information content (AvgIpc) is 2.98. The highest BCUT2D eigenvalue weighted by Crippen LogP contribution is 2.31. The molecule has 6 heteroatoms. The first kappa shape index (κ1) is 14.2. The van der Waals surface area contributed by atoms with E-state index in [1.165, 1.54) is 6.07 Å². The predicted octanol–water partition coefficient (Wildman–Crippen LogP) is 2.40. The second-order valence-electron chi connectivity index (χ2n) is 5.20. The van der Waals surface area contributed by atoms with E-state index in [-0.39, 0.29) is 24.4 Å². The van der Waals surface area contributed by atoms with E-state index in [9.17, 15) is 4.39 Å². The lowest BCUT2D eigenvalue weighted by atomic mass is 10.0. The van der Waals surface area contributed by atoms with Crippen molar-refractivity contribution in [2.75, 3.05) is 19.7 Å². The zero-order valence-corrected chi connectivity index (χ0v) is 11.7. The molecule has 2 heterocycles. The molecular formula is C15H18FN3O2. The Bertz CT molecular complexity index is 600. The summed E-state index contributed by atoms with van der Waals surface area (Å²) in [5.74, 6) is 0.336. The molecule has 3 rings (SSSR count). The number of aliphatic hydroxyl groups is 1. The third-order valence-corrected chi connectivity index (χ3v) is 3.83. The van der Waals surface area contributed by atoms with Crippen LogP contribution in [0.25, 0.3) is 11.5 Å². The molecule has 0 bridgehead atoms. The zero-order valence-electron chi connectivity index (χ0n) is 11.7. The average molecular weight is 291 g/mol. The lowest BCUT2D eigenvalue weighted by molar-refractivity contribution is 0.100. The molecule has 1 N–H and O–H groups in total. The summed E-state index contributed by atoms with van der Waals surface area (Å²) < 4.78 is 19.4. The fraction of sp³-hybridized carbons (Fsp3) is 0.467. The van der Waals surface area contributed by atoms with Gasteiger partial charge in [0.15, 0.2) is 0 Å². The number of aliphatic hydroxyl groups excluding tert-OH is 1. The topological polar surface area (TPSA) is 62.4 Å². The van der Waals surface area contributed by atoms with Gasteiger partial charge in [0.2, 0.25) is 5.89 Å². The fourth-order valence-corrected chi connectivity index (χ4v) is 2.78. The Labute approximate surface area is 122 Å². The smallest absolute Gasteiger partial charge is 0.250 e. The van der Waals surface area contributed by atoms with Crippen molar-refractivity contribution in [3.05, 3.63) is 36.0 Å². The van der Waals surface area contributed by atoms with Gasteiger partial charge in [0, 0.05) is 6.54 Å². The summed E-state index contributed by atoms with van der Waals surface area (Å²) in [6.45, 7) is 1.59. The van der Waals surface area contributed by atoms with Crippen LogP contribution < -0.4 is 0 Å². The lowest BCUT2D eigenvalue weighted by Crippen LogP contribution is -2.35. The molecule has 5 nitrogen and oxygen atoms in total. The summed E-state index contributed by atoms with van der Waals surface area (Å²) in [5, 5.41) is 17.2. The van der Waals surface area contributed by atoms with E-state index in [0.29, 0.717) is 18.0 Å². The van der Waals surface area contributed by atoms with Crippen LogP contribution in [0.15, 0.2) is 28.7 Å². The van der Waals surface area contributed by atoms with Gasteiger partial charge >= 0.3 is 0 Å². The zero-order chi connectivity index (χ0) is 14.7. The number of benzene rings is 1. The van der Waals surface area contributed by atoms with Gasteiger partial charge in [0.25, 0.3) is 5.89 Å². The molecule has 0 aliphatic carbocycles. The minimum absolute atomic E-state index is 0.0129. The van der Waals surface area contributed by atoms with E-state index in [2.05, 4.69) is 15.1 Å². The summed E-state index contributed by atoms with van der Waals surface area (Å²) in [6.07, 6.45) is 3.10. The number of rotatable bonds is 4. The maximum Gasteiger partial charge on any atom is 0.250 e. The maximum atomic E-state index is 13.8. The first-order chi connectivity index (χ1) is 10.3. The highest BCUT2D eigenvalue weighted by Gasteiger charge is 2.28. The first-order valence-electron chi connectivity index (χ1n) is 7.23. The molecule has 1 aromatic carbocycles. The molecule has 1 saturated heterocycles. The number of halogens is 1. The molecule has 2 aromatic rings. The Morgan fingerprint density at radius 1 is 1.29 bits per heavy atom. The number of hydrogen-bond donors (Lipinski definition) is 1. The van der Waals surface area contributed by atoms with Gasteiger partial charge in [-0.25, -0.2) is 4.39 Å². The van der Waals surface area contributed by atoms with Gasteiger partial charge in [-0.1, -0.05) is 18.6 Å². The van der Waals surface area contributed by atoms with Crippen LogP contribution in [0.3, 0.4) is 0 Å². The highest BCUT2D eigenvalue weighted by atomic mass is 19.1. The molecule has 0 saturated carbocycles. The van der Waals surface area contributed by atoms with Gasteiger partial charge in [0.1, 0.15) is 5.82 Å². The van der Waals surface area contributed by atoms with Crippen molar-refractivity contribution in [1.82, 2.24) is 15.1 Å². The van der Waals surface area contributed by atoms with Crippen molar-refractivity contribution in [2.45, 2.75) is 25.3 Å². The van der Waals surface area contributed by atoms with Crippen molar-refractivity contribution >= 4 is 0 Å². The van der Waals surface area contributed by atoms with Crippen molar-refractivity contribution < 1.29 is 13.9 Å². The van der Waals surface area contributed by atoms with Crippen LogP contribution in [0, 0.1) is 5.82 Å².